The lowest BCUT2D eigenvalue weighted by Gasteiger charge is -2.20. The van der Waals surface area contributed by atoms with Gasteiger partial charge in [-0.05, 0) is 30.8 Å². The van der Waals surface area contributed by atoms with Crippen molar-refractivity contribution < 1.29 is 4.79 Å². The maximum Gasteiger partial charge on any atom is 0.267 e. The summed E-state index contributed by atoms with van der Waals surface area (Å²) in [5.41, 5.74) is 0.801. The van der Waals surface area contributed by atoms with E-state index >= 15 is 0 Å². The molecule has 4 nitrogen and oxygen atoms in total. The highest BCUT2D eigenvalue weighted by Crippen LogP contribution is 2.29. The lowest BCUT2D eigenvalue weighted by molar-refractivity contribution is 0.0757. The topological polar surface area (TPSA) is 46.1 Å². The van der Waals surface area contributed by atoms with Crippen molar-refractivity contribution in [1.29, 1.82) is 0 Å². The summed E-state index contributed by atoms with van der Waals surface area (Å²) < 4.78 is 3.85. The molecule has 0 unspecified atom stereocenters. The van der Waals surface area contributed by atoms with E-state index in [0.29, 0.717) is 23.3 Å². The van der Waals surface area contributed by atoms with Crippen molar-refractivity contribution >= 4 is 29.0 Å². The average Bonchev–Trinajstić information content (AvgIpc) is 3.01. The molecule has 16 heavy (non-hydrogen) atoms. The fraction of sp³-hybridized carbons (Fsp3) is 0.700. The number of alkyl halides is 1. The van der Waals surface area contributed by atoms with Gasteiger partial charge in [0.15, 0.2) is 0 Å². The minimum Gasteiger partial charge on any atom is -0.334 e. The van der Waals surface area contributed by atoms with Crippen LogP contribution in [0.1, 0.15) is 35.1 Å². The second kappa shape index (κ2) is 5.10. The van der Waals surface area contributed by atoms with Crippen molar-refractivity contribution in [3.63, 3.8) is 0 Å². The number of aryl methyl sites for hydroxylation is 1. The highest BCUT2D eigenvalue weighted by atomic mass is 35.5. The van der Waals surface area contributed by atoms with Crippen molar-refractivity contribution in [3.05, 3.63) is 10.6 Å². The molecule has 0 radical (unpaired) electrons. The van der Waals surface area contributed by atoms with Gasteiger partial charge in [-0.2, -0.15) is 0 Å². The molecule has 1 saturated carbocycles. The van der Waals surface area contributed by atoms with E-state index in [4.69, 9.17) is 11.6 Å². The second-order valence-electron chi connectivity index (χ2n) is 3.82. The second-order valence-corrected chi connectivity index (χ2v) is 4.95. The van der Waals surface area contributed by atoms with Crippen LogP contribution >= 0.6 is 23.1 Å². The third-order valence-electron chi connectivity index (χ3n) is 2.66. The summed E-state index contributed by atoms with van der Waals surface area (Å²) in [6.07, 6.45) is 2.93. The van der Waals surface area contributed by atoms with E-state index in [1.54, 1.807) is 0 Å². The van der Waals surface area contributed by atoms with Gasteiger partial charge in [-0.1, -0.05) is 11.4 Å². The zero-order valence-electron chi connectivity index (χ0n) is 9.15. The van der Waals surface area contributed by atoms with Gasteiger partial charge >= 0.3 is 0 Å². The molecular formula is C10H14ClN3OS. The highest BCUT2D eigenvalue weighted by Gasteiger charge is 2.34. The van der Waals surface area contributed by atoms with E-state index in [1.165, 1.54) is 11.5 Å². The Hall–Kier alpha value is -0.680. The average molecular weight is 260 g/mol. The molecule has 1 heterocycles. The number of amides is 1. The molecule has 0 aromatic carbocycles. The zero-order valence-corrected chi connectivity index (χ0v) is 10.7. The van der Waals surface area contributed by atoms with Crippen LogP contribution in [0.3, 0.4) is 0 Å². The van der Waals surface area contributed by atoms with Gasteiger partial charge < -0.3 is 4.90 Å². The normalized spacial score (nSPS) is 15.1. The predicted molar refractivity (Wildman–Crippen MR) is 64.1 cm³/mol. The van der Waals surface area contributed by atoms with Gasteiger partial charge in [0.05, 0.1) is 5.69 Å². The van der Waals surface area contributed by atoms with Crippen LogP contribution in [0.4, 0.5) is 0 Å². The van der Waals surface area contributed by atoms with Gasteiger partial charge in [-0.25, -0.2) is 0 Å². The summed E-state index contributed by atoms with van der Waals surface area (Å²) in [6.45, 7) is 2.60. The number of carbonyl (C=O) groups excluding carboxylic acids is 1. The molecule has 1 amide bonds. The third kappa shape index (κ3) is 2.35. The summed E-state index contributed by atoms with van der Waals surface area (Å²) in [7, 11) is 0. The highest BCUT2D eigenvalue weighted by molar-refractivity contribution is 7.08. The van der Waals surface area contributed by atoms with E-state index < -0.39 is 0 Å². The molecule has 0 spiro atoms. The predicted octanol–water partition coefficient (Wildman–Crippen LogP) is 1.94. The van der Waals surface area contributed by atoms with Gasteiger partial charge in [-0.15, -0.1) is 16.7 Å². The minimum absolute atomic E-state index is 0.0509. The van der Waals surface area contributed by atoms with E-state index in [2.05, 4.69) is 9.59 Å². The molecule has 0 N–H and O–H groups in total. The maximum absolute atomic E-state index is 12.3. The molecule has 1 fully saturated rings. The summed E-state index contributed by atoms with van der Waals surface area (Å²) in [4.78, 5) is 14.8. The third-order valence-corrected chi connectivity index (χ3v) is 3.58. The Morgan fingerprint density at radius 3 is 2.94 bits per heavy atom. The SMILES string of the molecule is CCc1nnsc1C(=O)N(CCCl)C1CC1. The summed E-state index contributed by atoms with van der Waals surface area (Å²) in [5.74, 6) is 0.533. The number of rotatable bonds is 5. The van der Waals surface area contributed by atoms with Gasteiger partial charge in [0.25, 0.3) is 5.91 Å². The van der Waals surface area contributed by atoms with Crippen LogP contribution in [0.2, 0.25) is 0 Å². The number of hydrogen-bond acceptors (Lipinski definition) is 4. The largest absolute Gasteiger partial charge is 0.334 e. The fourth-order valence-electron chi connectivity index (χ4n) is 1.66. The van der Waals surface area contributed by atoms with E-state index in [0.717, 1.165) is 25.0 Å². The molecule has 1 aliphatic rings. The Kier molecular flexibility index (Phi) is 3.76. The molecule has 0 atom stereocenters. The van der Waals surface area contributed by atoms with Crippen molar-refractivity contribution in [2.75, 3.05) is 12.4 Å². The van der Waals surface area contributed by atoms with Gasteiger partial charge in [0.1, 0.15) is 4.88 Å². The Morgan fingerprint density at radius 2 is 2.38 bits per heavy atom. The molecule has 88 valence electrons. The summed E-state index contributed by atoms with van der Waals surface area (Å²) >= 11 is 6.91. The van der Waals surface area contributed by atoms with Crippen LogP contribution in [0.25, 0.3) is 0 Å². The lowest BCUT2D eigenvalue weighted by Crippen LogP contribution is -2.34. The van der Waals surface area contributed by atoms with Crippen LogP contribution in [-0.4, -0.2) is 38.9 Å². The van der Waals surface area contributed by atoms with Gasteiger partial charge in [-0.3, -0.25) is 4.79 Å². The van der Waals surface area contributed by atoms with Crippen LogP contribution in [0.5, 0.6) is 0 Å². The van der Waals surface area contributed by atoms with Gasteiger partial charge in [0, 0.05) is 18.5 Å². The van der Waals surface area contributed by atoms with Crippen LogP contribution in [0, 0.1) is 0 Å². The summed E-state index contributed by atoms with van der Waals surface area (Å²) in [6, 6.07) is 0.387. The molecule has 1 aliphatic carbocycles. The Labute approximate surface area is 104 Å². The quantitative estimate of drug-likeness (QED) is 0.760. The number of aromatic nitrogens is 2. The number of carbonyl (C=O) groups is 1. The van der Waals surface area contributed by atoms with Crippen molar-refractivity contribution in [3.8, 4) is 0 Å². The van der Waals surface area contributed by atoms with E-state index in [9.17, 15) is 4.79 Å². The van der Waals surface area contributed by atoms with Crippen LogP contribution in [-0.2, 0) is 6.42 Å². The van der Waals surface area contributed by atoms with E-state index in [-0.39, 0.29) is 5.91 Å². The molecule has 0 saturated heterocycles. The molecule has 1 aromatic rings. The molecule has 2 rings (SSSR count). The first kappa shape index (κ1) is 11.8. The van der Waals surface area contributed by atoms with Crippen LogP contribution in [0.15, 0.2) is 0 Å². The van der Waals surface area contributed by atoms with Crippen LogP contribution < -0.4 is 0 Å². The standard InChI is InChI=1S/C10H14ClN3OS/c1-2-8-9(16-13-12-8)10(15)14(6-5-11)7-3-4-7/h7H,2-6H2,1H3. The molecule has 0 bridgehead atoms. The zero-order chi connectivity index (χ0) is 11.5. The number of halogens is 1. The Bertz CT molecular complexity index is 378. The molecule has 1 aromatic heterocycles. The monoisotopic (exact) mass is 259 g/mol. The van der Waals surface area contributed by atoms with Crippen molar-refractivity contribution in [2.24, 2.45) is 0 Å². The number of hydrogen-bond donors (Lipinski definition) is 0. The summed E-state index contributed by atoms with van der Waals surface area (Å²) in [5, 5.41) is 3.97. The first-order valence-corrected chi connectivity index (χ1v) is 6.76. The molecule has 0 aliphatic heterocycles. The lowest BCUT2D eigenvalue weighted by atomic mass is 10.2. The maximum atomic E-state index is 12.3. The van der Waals surface area contributed by atoms with Crippen molar-refractivity contribution in [2.45, 2.75) is 32.2 Å². The van der Waals surface area contributed by atoms with E-state index in [1.807, 2.05) is 11.8 Å². The minimum atomic E-state index is 0.0509. The van der Waals surface area contributed by atoms with Crippen molar-refractivity contribution in [1.82, 2.24) is 14.5 Å². The fourth-order valence-corrected chi connectivity index (χ4v) is 2.55. The first-order chi connectivity index (χ1) is 7.77. The Balaban J connectivity index is 2.15. The Morgan fingerprint density at radius 1 is 1.62 bits per heavy atom. The smallest absolute Gasteiger partial charge is 0.267 e. The molecule has 6 heteroatoms. The first-order valence-electron chi connectivity index (χ1n) is 5.46. The molecular weight excluding hydrogens is 246 g/mol. The van der Waals surface area contributed by atoms with Gasteiger partial charge in [0.2, 0.25) is 0 Å². The number of nitrogens with zero attached hydrogens (tertiary/aromatic N) is 3.